The van der Waals surface area contributed by atoms with Crippen molar-refractivity contribution in [1.29, 1.82) is 0 Å². The van der Waals surface area contributed by atoms with Crippen molar-refractivity contribution in [3.8, 4) is 11.1 Å². The van der Waals surface area contributed by atoms with Crippen molar-refractivity contribution < 1.29 is 0 Å². The summed E-state index contributed by atoms with van der Waals surface area (Å²) in [5, 5.41) is 0. The van der Waals surface area contributed by atoms with Crippen molar-refractivity contribution in [3.63, 3.8) is 0 Å². The van der Waals surface area contributed by atoms with E-state index in [1.807, 2.05) is 0 Å². The van der Waals surface area contributed by atoms with Gasteiger partial charge in [-0.3, -0.25) is 0 Å². The molecule has 0 saturated carbocycles. The molecule has 1 heteroatoms. The number of hydrogen-bond acceptors (Lipinski definition) is 0. The van der Waals surface area contributed by atoms with Gasteiger partial charge in [0, 0.05) is 0 Å². The van der Waals surface area contributed by atoms with Crippen molar-refractivity contribution in [1.82, 2.24) is 0 Å². The van der Waals surface area contributed by atoms with Crippen molar-refractivity contribution in [3.05, 3.63) is 60.0 Å². The van der Waals surface area contributed by atoms with E-state index in [1.54, 1.807) is 0 Å². The zero-order valence-corrected chi connectivity index (χ0v) is 12.3. The molecule has 0 fully saturated rings. The summed E-state index contributed by atoms with van der Waals surface area (Å²) in [7, 11) is 0. The first-order valence-corrected chi connectivity index (χ1v) is 6.99. The van der Waals surface area contributed by atoms with Crippen molar-refractivity contribution in [2.24, 2.45) is 0 Å². The van der Waals surface area contributed by atoms with Crippen LogP contribution in [0.5, 0.6) is 0 Å². The first-order valence-electron chi connectivity index (χ1n) is 4.89. The molecule has 1 aliphatic carbocycles. The fourth-order valence-corrected chi connectivity index (χ4v) is 3.02. The molecule has 1 radical (unpaired) electrons. The summed E-state index contributed by atoms with van der Waals surface area (Å²) in [4.78, 5) is 0. The molecule has 0 aliphatic heterocycles. The molecule has 0 bridgehead atoms. The summed E-state index contributed by atoms with van der Waals surface area (Å²) in [5.74, 6) is 0. The molecule has 1 aliphatic rings. The third kappa shape index (κ3) is 1.14. The molecular weight excluding hydrogens is 229 g/mol. The van der Waals surface area contributed by atoms with Crippen LogP contribution in [0.3, 0.4) is 0 Å². The molecule has 67 valence electrons. The third-order valence-electron chi connectivity index (χ3n) is 2.77. The van der Waals surface area contributed by atoms with Gasteiger partial charge in [0.05, 0.1) is 0 Å². The van der Waals surface area contributed by atoms with Gasteiger partial charge in [0.25, 0.3) is 0 Å². The minimum atomic E-state index is 0.777. The van der Waals surface area contributed by atoms with Crippen LogP contribution in [-0.4, -0.2) is 16.5 Å². The molecule has 0 spiro atoms. The Bertz CT molecular complexity index is 500. The summed E-state index contributed by atoms with van der Waals surface area (Å²) < 4.78 is 1.52. The molecular formula is C13H11Ge. The topological polar surface area (TPSA) is 0 Å². The van der Waals surface area contributed by atoms with E-state index >= 15 is 0 Å². The van der Waals surface area contributed by atoms with Gasteiger partial charge in [-0.15, -0.1) is 0 Å². The number of benzene rings is 2. The number of rotatable bonds is 0. The van der Waals surface area contributed by atoms with Crippen LogP contribution in [0.25, 0.3) is 11.1 Å². The van der Waals surface area contributed by atoms with E-state index in [-0.39, 0.29) is 0 Å². The van der Waals surface area contributed by atoms with E-state index in [1.165, 1.54) is 26.6 Å². The number of fused-ring (bicyclic) bond motifs is 3. The van der Waals surface area contributed by atoms with E-state index in [0.29, 0.717) is 0 Å². The van der Waals surface area contributed by atoms with Crippen LogP contribution in [0.1, 0.15) is 11.1 Å². The Morgan fingerprint density at radius 3 is 2.50 bits per heavy atom. The molecule has 0 saturated heterocycles. The Morgan fingerprint density at radius 2 is 1.57 bits per heavy atom. The summed E-state index contributed by atoms with van der Waals surface area (Å²) in [6.07, 6.45) is 2.27. The Hall–Kier alpha value is -1.02. The maximum atomic E-state index is 2.34. The monoisotopic (exact) mass is 241 g/mol. The van der Waals surface area contributed by atoms with E-state index in [4.69, 9.17) is 0 Å². The summed E-state index contributed by atoms with van der Waals surface area (Å²) in [6.45, 7) is 0. The zero-order valence-electron chi connectivity index (χ0n) is 8.12. The van der Waals surface area contributed by atoms with Gasteiger partial charge in [-0.2, -0.15) is 0 Å². The van der Waals surface area contributed by atoms with Crippen LogP contribution in [-0.2, 0) is 0 Å². The molecule has 0 aromatic heterocycles. The summed E-state index contributed by atoms with van der Waals surface area (Å²) >= 11 is 0.777. The average molecular weight is 240 g/mol. The van der Waals surface area contributed by atoms with Gasteiger partial charge in [-0.05, 0) is 0 Å². The van der Waals surface area contributed by atoms with Gasteiger partial charge in [0.15, 0.2) is 0 Å². The molecule has 0 unspecified atom stereocenters. The average Bonchev–Trinajstić information content (AvgIpc) is 2.56. The predicted molar refractivity (Wildman–Crippen MR) is 64.0 cm³/mol. The van der Waals surface area contributed by atoms with Gasteiger partial charge >= 0.3 is 92.0 Å². The van der Waals surface area contributed by atoms with Crippen LogP contribution in [0, 0.1) is 6.42 Å². The molecule has 0 amide bonds. The molecule has 14 heavy (non-hydrogen) atoms. The second kappa shape index (κ2) is 2.99. The normalized spacial score (nSPS) is 12.6. The second-order valence-electron chi connectivity index (χ2n) is 3.82. The fourth-order valence-electron chi connectivity index (χ4n) is 2.06. The Labute approximate surface area is 92.2 Å². The van der Waals surface area contributed by atoms with Gasteiger partial charge in [0.1, 0.15) is 0 Å². The third-order valence-corrected chi connectivity index (χ3v) is 4.08. The van der Waals surface area contributed by atoms with E-state index in [0.717, 1.165) is 16.5 Å². The zero-order chi connectivity index (χ0) is 9.54. The fraction of sp³-hybridized carbons (Fsp3) is 0. The van der Waals surface area contributed by atoms with Crippen molar-refractivity contribution >= 4 is 20.9 Å². The van der Waals surface area contributed by atoms with Crippen LogP contribution < -0.4 is 4.40 Å². The Morgan fingerprint density at radius 1 is 0.786 bits per heavy atom. The number of hydrogen-bond donors (Lipinski definition) is 0. The standard InChI is InChI=1S/C13H11Ge/c14-11-6-5-10-7-9-3-1-2-4-12(9)13(10)8-11/h1-8H,14H3. The molecule has 0 nitrogen and oxygen atoms in total. The summed E-state index contributed by atoms with van der Waals surface area (Å²) in [5.41, 5.74) is 5.56. The first-order chi connectivity index (χ1) is 6.84. The quantitative estimate of drug-likeness (QED) is 0.519. The van der Waals surface area contributed by atoms with E-state index in [9.17, 15) is 0 Å². The van der Waals surface area contributed by atoms with Crippen LogP contribution in [0.2, 0.25) is 0 Å². The molecule has 0 heterocycles. The molecule has 2 aromatic carbocycles. The molecule has 2 aromatic rings. The predicted octanol–water partition coefficient (Wildman–Crippen LogP) is 1.26. The maximum absolute atomic E-state index is 2.34. The minimum absolute atomic E-state index is 0.777. The van der Waals surface area contributed by atoms with Gasteiger partial charge in [-0.25, -0.2) is 0 Å². The first kappa shape index (κ1) is 8.30. The summed E-state index contributed by atoms with van der Waals surface area (Å²) in [6, 6.07) is 15.5. The molecule has 3 rings (SSSR count). The van der Waals surface area contributed by atoms with E-state index in [2.05, 4.69) is 48.9 Å². The van der Waals surface area contributed by atoms with E-state index < -0.39 is 0 Å². The van der Waals surface area contributed by atoms with Crippen LogP contribution >= 0.6 is 0 Å². The molecule has 0 N–H and O–H groups in total. The van der Waals surface area contributed by atoms with Gasteiger partial charge in [-0.1, -0.05) is 0 Å². The molecule has 0 atom stereocenters. The van der Waals surface area contributed by atoms with Crippen molar-refractivity contribution in [2.75, 3.05) is 0 Å². The van der Waals surface area contributed by atoms with Gasteiger partial charge in [0.2, 0.25) is 0 Å². The SMILES string of the molecule is [GeH3][c]1ccc2c(c1)-c1ccccc1[CH]2. The van der Waals surface area contributed by atoms with Crippen LogP contribution in [0.15, 0.2) is 42.5 Å². The second-order valence-corrected chi connectivity index (χ2v) is 6.24. The Balaban J connectivity index is 2.30. The van der Waals surface area contributed by atoms with Crippen molar-refractivity contribution in [2.45, 2.75) is 0 Å². The Kier molecular flexibility index (Phi) is 1.77. The van der Waals surface area contributed by atoms with Crippen LogP contribution in [0.4, 0.5) is 0 Å². The van der Waals surface area contributed by atoms with Gasteiger partial charge < -0.3 is 0 Å².